The first-order chi connectivity index (χ1) is 24.3. The molecule has 8 aromatic rings. The Bertz CT molecular complexity index is 2190. The Labute approximate surface area is 289 Å². The Morgan fingerprint density at radius 2 is 0.571 bits per heavy atom. The van der Waals surface area contributed by atoms with E-state index in [-0.39, 0.29) is 0 Å². The smallest absolute Gasteiger partial charge is 0.0546 e. The van der Waals surface area contributed by atoms with Gasteiger partial charge >= 0.3 is 0 Å². The molecular weight excluding hydrogens is 591 g/mol. The summed E-state index contributed by atoms with van der Waals surface area (Å²) in [6, 6.07) is 76.0. The third kappa shape index (κ3) is 6.18. The number of rotatable bonds is 8. The van der Waals surface area contributed by atoms with Crippen LogP contribution in [0.25, 0.3) is 55.6 Å². The van der Waals surface area contributed by atoms with Crippen LogP contribution in [-0.4, -0.2) is 0 Å². The third-order valence-electron chi connectivity index (χ3n) is 9.11. The number of hydrogen-bond donors (Lipinski definition) is 0. The minimum atomic E-state index is 1.09. The first-order valence-corrected chi connectivity index (χ1v) is 16.8. The molecule has 0 atom stereocenters. The van der Waals surface area contributed by atoms with Crippen LogP contribution in [0.1, 0.15) is 0 Å². The maximum absolute atomic E-state index is 2.41. The minimum Gasteiger partial charge on any atom is -0.310 e. The zero-order chi connectivity index (χ0) is 32.8. The van der Waals surface area contributed by atoms with Crippen LogP contribution in [-0.2, 0) is 0 Å². The molecule has 1 nitrogen and oxygen atoms in total. The standard InChI is InChI=1S/C48H35N/c1-5-16-36(17-6-1)38-28-32-42(33-29-38)49(43-34-30-39(31-35-43)37-18-7-2-8-19-37)47-27-15-26-45(41-22-11-4-12-23-41)48(47)46-25-14-13-24-44(46)40-20-9-3-10-21-40/h1-35H. The summed E-state index contributed by atoms with van der Waals surface area (Å²) >= 11 is 0. The second kappa shape index (κ2) is 13.7. The molecular formula is C48H35N. The van der Waals surface area contributed by atoms with Gasteiger partial charge in [0, 0.05) is 16.9 Å². The fourth-order valence-electron chi connectivity index (χ4n) is 6.73. The summed E-state index contributed by atoms with van der Waals surface area (Å²) in [6.45, 7) is 0. The van der Waals surface area contributed by atoms with Crippen LogP contribution < -0.4 is 4.90 Å². The molecule has 0 spiro atoms. The van der Waals surface area contributed by atoms with Crippen LogP contribution >= 0.6 is 0 Å². The fourth-order valence-corrected chi connectivity index (χ4v) is 6.73. The summed E-state index contributed by atoms with van der Waals surface area (Å²) < 4.78 is 0. The first-order valence-electron chi connectivity index (χ1n) is 16.8. The van der Waals surface area contributed by atoms with Crippen LogP contribution in [0.3, 0.4) is 0 Å². The molecule has 0 unspecified atom stereocenters. The van der Waals surface area contributed by atoms with E-state index in [1.165, 1.54) is 55.6 Å². The summed E-state index contributed by atoms with van der Waals surface area (Å²) in [6.07, 6.45) is 0. The van der Waals surface area contributed by atoms with E-state index < -0.39 is 0 Å². The van der Waals surface area contributed by atoms with E-state index in [0.29, 0.717) is 0 Å². The van der Waals surface area contributed by atoms with E-state index in [4.69, 9.17) is 0 Å². The first kappa shape index (κ1) is 29.9. The summed E-state index contributed by atoms with van der Waals surface area (Å²) in [5.41, 5.74) is 15.2. The maximum atomic E-state index is 2.41. The highest BCUT2D eigenvalue weighted by atomic mass is 15.1. The highest BCUT2D eigenvalue weighted by Gasteiger charge is 2.22. The highest BCUT2D eigenvalue weighted by molar-refractivity contribution is 6.01. The molecule has 0 aliphatic rings. The normalized spacial score (nSPS) is 10.9. The molecule has 0 fully saturated rings. The Hall–Kier alpha value is -6.44. The molecule has 8 aromatic carbocycles. The van der Waals surface area contributed by atoms with Gasteiger partial charge in [-0.25, -0.2) is 0 Å². The summed E-state index contributed by atoms with van der Waals surface area (Å²) in [5, 5.41) is 0. The van der Waals surface area contributed by atoms with Crippen molar-refractivity contribution in [3.63, 3.8) is 0 Å². The molecule has 0 saturated heterocycles. The molecule has 0 heterocycles. The molecule has 0 aliphatic heterocycles. The van der Waals surface area contributed by atoms with Gasteiger partial charge in [-0.1, -0.05) is 182 Å². The Balaban J connectivity index is 1.37. The average molecular weight is 626 g/mol. The fraction of sp³-hybridized carbons (Fsp3) is 0. The van der Waals surface area contributed by atoms with Gasteiger partial charge in [0.25, 0.3) is 0 Å². The lowest BCUT2D eigenvalue weighted by Crippen LogP contribution is -2.12. The van der Waals surface area contributed by atoms with Gasteiger partial charge < -0.3 is 4.90 Å². The van der Waals surface area contributed by atoms with E-state index in [0.717, 1.165) is 17.1 Å². The van der Waals surface area contributed by atoms with Gasteiger partial charge in [-0.2, -0.15) is 0 Å². The van der Waals surface area contributed by atoms with Crippen molar-refractivity contribution >= 4 is 17.1 Å². The van der Waals surface area contributed by atoms with Crippen molar-refractivity contribution in [2.75, 3.05) is 4.90 Å². The lowest BCUT2D eigenvalue weighted by Gasteiger charge is -2.30. The molecule has 0 saturated carbocycles. The number of hydrogen-bond acceptors (Lipinski definition) is 1. The molecule has 8 rings (SSSR count). The molecule has 0 radical (unpaired) electrons. The molecule has 0 amide bonds. The third-order valence-corrected chi connectivity index (χ3v) is 9.11. The molecule has 0 aliphatic carbocycles. The second-order valence-electron chi connectivity index (χ2n) is 12.1. The van der Waals surface area contributed by atoms with Crippen molar-refractivity contribution in [1.29, 1.82) is 0 Å². The van der Waals surface area contributed by atoms with E-state index in [1.54, 1.807) is 0 Å². The zero-order valence-corrected chi connectivity index (χ0v) is 27.2. The Kier molecular flexibility index (Phi) is 8.39. The van der Waals surface area contributed by atoms with Crippen molar-refractivity contribution < 1.29 is 0 Å². The number of benzene rings is 8. The van der Waals surface area contributed by atoms with Crippen LogP contribution in [0.5, 0.6) is 0 Å². The van der Waals surface area contributed by atoms with Gasteiger partial charge in [-0.3, -0.25) is 0 Å². The van der Waals surface area contributed by atoms with Gasteiger partial charge in [0.2, 0.25) is 0 Å². The predicted molar refractivity (Wildman–Crippen MR) is 208 cm³/mol. The van der Waals surface area contributed by atoms with E-state index >= 15 is 0 Å². The second-order valence-corrected chi connectivity index (χ2v) is 12.1. The molecule has 0 bridgehead atoms. The largest absolute Gasteiger partial charge is 0.310 e. The van der Waals surface area contributed by atoms with Crippen molar-refractivity contribution in [3.05, 3.63) is 212 Å². The molecule has 232 valence electrons. The summed E-state index contributed by atoms with van der Waals surface area (Å²) in [5.74, 6) is 0. The van der Waals surface area contributed by atoms with Crippen molar-refractivity contribution in [2.24, 2.45) is 0 Å². The van der Waals surface area contributed by atoms with Crippen LogP contribution in [0.2, 0.25) is 0 Å². The number of nitrogens with zero attached hydrogens (tertiary/aromatic N) is 1. The molecule has 1 heteroatoms. The average Bonchev–Trinajstić information content (AvgIpc) is 3.20. The van der Waals surface area contributed by atoms with E-state index in [2.05, 4.69) is 217 Å². The topological polar surface area (TPSA) is 3.24 Å². The van der Waals surface area contributed by atoms with E-state index in [1.807, 2.05) is 0 Å². The Morgan fingerprint density at radius 1 is 0.224 bits per heavy atom. The zero-order valence-electron chi connectivity index (χ0n) is 27.2. The van der Waals surface area contributed by atoms with Gasteiger partial charge in [-0.15, -0.1) is 0 Å². The van der Waals surface area contributed by atoms with Crippen LogP contribution in [0.4, 0.5) is 17.1 Å². The van der Waals surface area contributed by atoms with Gasteiger partial charge in [0.1, 0.15) is 0 Å². The van der Waals surface area contributed by atoms with Gasteiger partial charge in [0.05, 0.1) is 5.69 Å². The van der Waals surface area contributed by atoms with Gasteiger partial charge in [-0.05, 0) is 80.4 Å². The van der Waals surface area contributed by atoms with E-state index in [9.17, 15) is 0 Å². The quantitative estimate of drug-likeness (QED) is 0.162. The lowest BCUT2D eigenvalue weighted by molar-refractivity contribution is 1.28. The molecule has 0 N–H and O–H groups in total. The van der Waals surface area contributed by atoms with Crippen LogP contribution in [0.15, 0.2) is 212 Å². The summed E-state index contributed by atoms with van der Waals surface area (Å²) in [7, 11) is 0. The monoisotopic (exact) mass is 625 g/mol. The summed E-state index contributed by atoms with van der Waals surface area (Å²) in [4.78, 5) is 2.41. The number of anilines is 3. The van der Waals surface area contributed by atoms with Crippen LogP contribution in [0, 0.1) is 0 Å². The highest BCUT2D eigenvalue weighted by Crippen LogP contribution is 2.48. The maximum Gasteiger partial charge on any atom is 0.0546 e. The minimum absolute atomic E-state index is 1.09. The molecule has 49 heavy (non-hydrogen) atoms. The van der Waals surface area contributed by atoms with Crippen molar-refractivity contribution in [2.45, 2.75) is 0 Å². The lowest BCUT2D eigenvalue weighted by atomic mass is 9.87. The SMILES string of the molecule is c1ccc(-c2ccc(N(c3ccc(-c4ccccc4)cc3)c3cccc(-c4ccccc4)c3-c3ccccc3-c3ccccc3)cc2)cc1. The van der Waals surface area contributed by atoms with Crippen molar-refractivity contribution in [1.82, 2.24) is 0 Å². The molecule has 0 aromatic heterocycles. The predicted octanol–water partition coefficient (Wildman–Crippen LogP) is 13.5. The van der Waals surface area contributed by atoms with Crippen molar-refractivity contribution in [3.8, 4) is 55.6 Å². The Morgan fingerprint density at radius 3 is 1.04 bits per heavy atom. The van der Waals surface area contributed by atoms with Gasteiger partial charge in [0.15, 0.2) is 0 Å².